The Balaban J connectivity index is 1.79. The quantitative estimate of drug-likeness (QED) is 0.728. The molecule has 3 aromatic rings. The van der Waals surface area contributed by atoms with E-state index in [0.717, 1.165) is 47.2 Å². The number of nitrogens with one attached hydrogen (secondary N) is 1. The van der Waals surface area contributed by atoms with Crippen molar-refractivity contribution in [2.75, 3.05) is 26.2 Å². The van der Waals surface area contributed by atoms with Crippen LogP contribution in [0.25, 0.3) is 21.8 Å². The molecule has 0 radical (unpaired) electrons. The van der Waals surface area contributed by atoms with Crippen LogP contribution < -0.4 is 4.74 Å². The van der Waals surface area contributed by atoms with Gasteiger partial charge in [0, 0.05) is 29.4 Å². The highest BCUT2D eigenvalue weighted by Gasteiger charge is 2.06. The second-order valence-electron chi connectivity index (χ2n) is 5.44. The standard InChI is InChI=1S/C18H22N2O2/c1-3-20(4-2)9-10-22-14-6-8-16-15-7-5-13(21)11-17(15)19-18(16)12-14/h5-8,11-12,19,21H,3-4,9-10H2,1-2H3. The van der Waals surface area contributed by atoms with Gasteiger partial charge < -0.3 is 19.7 Å². The van der Waals surface area contributed by atoms with Crippen molar-refractivity contribution in [1.82, 2.24) is 9.88 Å². The minimum atomic E-state index is 0.273. The van der Waals surface area contributed by atoms with Crippen LogP contribution in [0.1, 0.15) is 13.8 Å². The van der Waals surface area contributed by atoms with Gasteiger partial charge in [-0.05, 0) is 37.4 Å². The molecule has 0 amide bonds. The normalized spacial score (nSPS) is 11.6. The number of phenolic OH excluding ortho intramolecular Hbond substituents is 1. The van der Waals surface area contributed by atoms with Gasteiger partial charge in [0.2, 0.25) is 0 Å². The Morgan fingerprint density at radius 2 is 1.68 bits per heavy atom. The van der Waals surface area contributed by atoms with E-state index in [2.05, 4.69) is 29.8 Å². The fourth-order valence-corrected chi connectivity index (χ4v) is 2.80. The molecular formula is C18H22N2O2. The Labute approximate surface area is 130 Å². The molecule has 0 atom stereocenters. The van der Waals surface area contributed by atoms with Gasteiger partial charge in [0.15, 0.2) is 0 Å². The minimum absolute atomic E-state index is 0.273. The summed E-state index contributed by atoms with van der Waals surface area (Å²) < 4.78 is 5.86. The molecule has 2 aromatic carbocycles. The first-order valence-corrected chi connectivity index (χ1v) is 7.81. The fourth-order valence-electron chi connectivity index (χ4n) is 2.80. The molecule has 4 nitrogen and oxygen atoms in total. The maximum atomic E-state index is 9.58. The Kier molecular flexibility index (Phi) is 4.20. The number of ether oxygens (including phenoxy) is 1. The fraction of sp³-hybridized carbons (Fsp3) is 0.333. The largest absolute Gasteiger partial charge is 0.508 e. The topological polar surface area (TPSA) is 48.5 Å². The van der Waals surface area contributed by atoms with Crippen molar-refractivity contribution in [2.45, 2.75) is 13.8 Å². The first-order chi connectivity index (χ1) is 10.7. The van der Waals surface area contributed by atoms with E-state index in [1.807, 2.05) is 18.2 Å². The number of likely N-dealkylation sites (N-methyl/N-ethyl adjacent to an activating group) is 1. The van der Waals surface area contributed by atoms with Crippen LogP contribution in [-0.4, -0.2) is 41.2 Å². The van der Waals surface area contributed by atoms with Gasteiger partial charge in [0.05, 0.1) is 11.0 Å². The molecule has 0 bridgehead atoms. The van der Waals surface area contributed by atoms with Crippen LogP contribution in [0.15, 0.2) is 36.4 Å². The second kappa shape index (κ2) is 6.28. The maximum absolute atomic E-state index is 9.58. The van der Waals surface area contributed by atoms with Gasteiger partial charge in [-0.15, -0.1) is 0 Å². The SMILES string of the molecule is CCN(CC)CCOc1ccc2c(c1)[nH]c1cc(O)ccc12. The van der Waals surface area contributed by atoms with Gasteiger partial charge in [0.1, 0.15) is 18.1 Å². The Morgan fingerprint density at radius 1 is 1.00 bits per heavy atom. The molecule has 0 unspecified atom stereocenters. The first kappa shape index (κ1) is 14.7. The number of rotatable bonds is 6. The Morgan fingerprint density at radius 3 is 2.41 bits per heavy atom. The smallest absolute Gasteiger partial charge is 0.121 e. The van der Waals surface area contributed by atoms with E-state index in [9.17, 15) is 5.11 Å². The zero-order valence-electron chi connectivity index (χ0n) is 13.1. The molecular weight excluding hydrogens is 276 g/mol. The van der Waals surface area contributed by atoms with Crippen molar-refractivity contribution in [1.29, 1.82) is 0 Å². The van der Waals surface area contributed by atoms with Gasteiger partial charge in [-0.2, -0.15) is 0 Å². The van der Waals surface area contributed by atoms with Crippen molar-refractivity contribution in [3.05, 3.63) is 36.4 Å². The van der Waals surface area contributed by atoms with Crippen LogP contribution in [0, 0.1) is 0 Å². The average Bonchev–Trinajstić information content (AvgIpc) is 2.88. The molecule has 3 rings (SSSR count). The molecule has 0 saturated carbocycles. The van der Waals surface area contributed by atoms with Crippen LogP contribution in [0.2, 0.25) is 0 Å². The van der Waals surface area contributed by atoms with Crippen LogP contribution >= 0.6 is 0 Å². The van der Waals surface area contributed by atoms with Gasteiger partial charge in [-0.3, -0.25) is 0 Å². The van der Waals surface area contributed by atoms with Crippen LogP contribution in [0.4, 0.5) is 0 Å². The second-order valence-corrected chi connectivity index (χ2v) is 5.44. The van der Waals surface area contributed by atoms with Crippen molar-refractivity contribution < 1.29 is 9.84 Å². The predicted octanol–water partition coefficient (Wildman–Crippen LogP) is 3.75. The highest BCUT2D eigenvalue weighted by atomic mass is 16.5. The highest BCUT2D eigenvalue weighted by molar-refractivity contribution is 6.07. The van der Waals surface area contributed by atoms with Crippen molar-refractivity contribution >= 4 is 21.8 Å². The number of aromatic nitrogens is 1. The molecule has 1 aromatic heterocycles. The summed E-state index contributed by atoms with van der Waals surface area (Å²) >= 11 is 0. The molecule has 2 N–H and O–H groups in total. The third kappa shape index (κ3) is 2.88. The number of fused-ring (bicyclic) bond motifs is 3. The third-order valence-corrected chi connectivity index (χ3v) is 4.12. The number of aromatic hydroxyl groups is 1. The molecule has 0 saturated heterocycles. The van der Waals surface area contributed by atoms with E-state index in [4.69, 9.17) is 4.74 Å². The molecule has 0 aliphatic heterocycles. The van der Waals surface area contributed by atoms with Gasteiger partial charge >= 0.3 is 0 Å². The zero-order chi connectivity index (χ0) is 15.5. The molecule has 1 heterocycles. The highest BCUT2D eigenvalue weighted by Crippen LogP contribution is 2.30. The molecule has 4 heteroatoms. The summed E-state index contributed by atoms with van der Waals surface area (Å²) in [6.45, 7) is 8.04. The summed E-state index contributed by atoms with van der Waals surface area (Å²) in [5.74, 6) is 1.14. The first-order valence-electron chi connectivity index (χ1n) is 7.81. The van der Waals surface area contributed by atoms with Crippen molar-refractivity contribution in [3.8, 4) is 11.5 Å². The molecule has 22 heavy (non-hydrogen) atoms. The van der Waals surface area contributed by atoms with Crippen LogP contribution in [0.3, 0.4) is 0 Å². The average molecular weight is 298 g/mol. The summed E-state index contributed by atoms with van der Waals surface area (Å²) in [6.07, 6.45) is 0. The number of aromatic amines is 1. The minimum Gasteiger partial charge on any atom is -0.508 e. The Hall–Kier alpha value is -2.20. The van der Waals surface area contributed by atoms with Crippen molar-refractivity contribution in [3.63, 3.8) is 0 Å². The number of hydrogen-bond donors (Lipinski definition) is 2. The summed E-state index contributed by atoms with van der Waals surface area (Å²) in [4.78, 5) is 5.67. The lowest BCUT2D eigenvalue weighted by molar-refractivity contribution is 0.223. The van der Waals surface area contributed by atoms with E-state index in [1.54, 1.807) is 12.1 Å². The lowest BCUT2D eigenvalue weighted by Crippen LogP contribution is -2.27. The monoisotopic (exact) mass is 298 g/mol. The third-order valence-electron chi connectivity index (χ3n) is 4.12. The van der Waals surface area contributed by atoms with Gasteiger partial charge in [0.25, 0.3) is 0 Å². The number of nitrogens with zero attached hydrogens (tertiary/aromatic N) is 1. The zero-order valence-corrected chi connectivity index (χ0v) is 13.1. The van der Waals surface area contributed by atoms with E-state index >= 15 is 0 Å². The maximum Gasteiger partial charge on any atom is 0.121 e. The van der Waals surface area contributed by atoms with Gasteiger partial charge in [-0.1, -0.05) is 13.8 Å². The predicted molar refractivity (Wildman–Crippen MR) is 90.8 cm³/mol. The van der Waals surface area contributed by atoms with Crippen LogP contribution in [-0.2, 0) is 0 Å². The van der Waals surface area contributed by atoms with Gasteiger partial charge in [-0.25, -0.2) is 0 Å². The van der Waals surface area contributed by atoms with E-state index < -0.39 is 0 Å². The lowest BCUT2D eigenvalue weighted by Gasteiger charge is -2.17. The number of hydrogen-bond acceptors (Lipinski definition) is 3. The number of phenols is 1. The van der Waals surface area contributed by atoms with E-state index in [1.165, 1.54) is 0 Å². The van der Waals surface area contributed by atoms with E-state index in [-0.39, 0.29) is 5.75 Å². The van der Waals surface area contributed by atoms with Crippen molar-refractivity contribution in [2.24, 2.45) is 0 Å². The lowest BCUT2D eigenvalue weighted by atomic mass is 10.1. The van der Waals surface area contributed by atoms with Crippen LogP contribution in [0.5, 0.6) is 11.5 Å². The number of benzene rings is 2. The molecule has 0 aliphatic carbocycles. The Bertz CT molecular complexity index is 775. The molecule has 0 aliphatic rings. The summed E-state index contributed by atoms with van der Waals surface area (Å²) in [6, 6.07) is 11.5. The van der Waals surface area contributed by atoms with E-state index in [0.29, 0.717) is 6.61 Å². The molecule has 0 spiro atoms. The molecule has 0 fully saturated rings. The summed E-state index contributed by atoms with van der Waals surface area (Å²) in [5.41, 5.74) is 1.97. The number of H-pyrrole nitrogens is 1. The molecule has 116 valence electrons. The summed E-state index contributed by atoms with van der Waals surface area (Å²) in [7, 11) is 0. The summed E-state index contributed by atoms with van der Waals surface area (Å²) in [5, 5.41) is 11.8.